The lowest BCUT2D eigenvalue weighted by molar-refractivity contribution is 0.696. The Kier molecular flexibility index (Phi) is 7.68. The van der Waals surface area contributed by atoms with Gasteiger partial charge in [-0.1, -0.05) is 18.6 Å². The van der Waals surface area contributed by atoms with Crippen LogP contribution in [-0.4, -0.2) is 0 Å². The molecule has 0 unspecified atom stereocenters. The molecule has 0 atom stereocenters. The monoisotopic (exact) mass is 139 g/mol. The lowest BCUT2D eigenvalue weighted by Gasteiger charge is -1.93. The van der Waals surface area contributed by atoms with Crippen LogP contribution < -0.4 is 5.73 Å². The van der Waals surface area contributed by atoms with E-state index in [-0.39, 0.29) is 0 Å². The summed E-state index contributed by atoms with van der Waals surface area (Å²) < 4.78 is 0. The number of rotatable bonds is 6. The molecular weight excluding hydrogens is 122 g/mol. The summed E-state index contributed by atoms with van der Waals surface area (Å²) in [6.45, 7) is 3.66. The molecule has 0 spiro atoms. The number of hydrogen-bond donors (Lipinski definition) is 1. The molecule has 0 aromatic heterocycles. The van der Waals surface area contributed by atoms with Crippen LogP contribution in [-0.2, 0) is 0 Å². The summed E-state index contributed by atoms with van der Waals surface area (Å²) >= 11 is 0. The van der Waals surface area contributed by atoms with Gasteiger partial charge in [0.05, 0.1) is 0 Å². The van der Waals surface area contributed by atoms with Gasteiger partial charge in [0.25, 0.3) is 0 Å². The van der Waals surface area contributed by atoms with Crippen molar-refractivity contribution in [3.8, 4) is 0 Å². The summed E-state index contributed by atoms with van der Waals surface area (Å²) in [5, 5.41) is 0. The molecule has 0 bridgehead atoms. The molecule has 0 aliphatic rings. The van der Waals surface area contributed by atoms with Gasteiger partial charge in [-0.05, 0) is 31.9 Å². The molecule has 58 valence electrons. The van der Waals surface area contributed by atoms with E-state index in [1.165, 1.54) is 19.3 Å². The van der Waals surface area contributed by atoms with Crippen molar-refractivity contribution in [3.05, 3.63) is 24.9 Å². The van der Waals surface area contributed by atoms with Crippen molar-refractivity contribution in [2.24, 2.45) is 5.73 Å². The zero-order valence-corrected chi connectivity index (χ0v) is 6.55. The Balaban J connectivity index is 2.83. The maximum absolute atomic E-state index is 5.17. The first-order chi connectivity index (χ1) is 4.91. The van der Waals surface area contributed by atoms with Crippen LogP contribution in [0.5, 0.6) is 0 Å². The van der Waals surface area contributed by atoms with E-state index in [1.54, 1.807) is 6.20 Å². The Morgan fingerprint density at radius 1 is 1.10 bits per heavy atom. The predicted molar refractivity (Wildman–Crippen MR) is 46.6 cm³/mol. The van der Waals surface area contributed by atoms with Crippen LogP contribution in [0.15, 0.2) is 24.9 Å². The fourth-order valence-electron chi connectivity index (χ4n) is 0.824. The van der Waals surface area contributed by atoms with E-state index in [1.807, 2.05) is 12.2 Å². The van der Waals surface area contributed by atoms with E-state index in [0.717, 1.165) is 12.8 Å². The van der Waals surface area contributed by atoms with Crippen LogP contribution in [0.25, 0.3) is 0 Å². The summed E-state index contributed by atoms with van der Waals surface area (Å²) in [6, 6.07) is 0. The normalized spacial score (nSPS) is 10.4. The fourth-order valence-corrected chi connectivity index (χ4v) is 0.824. The van der Waals surface area contributed by atoms with Crippen LogP contribution in [0.4, 0.5) is 0 Å². The minimum Gasteiger partial charge on any atom is -0.405 e. The second kappa shape index (κ2) is 8.28. The van der Waals surface area contributed by atoms with Gasteiger partial charge in [0.15, 0.2) is 0 Å². The van der Waals surface area contributed by atoms with Crippen molar-refractivity contribution in [3.63, 3.8) is 0 Å². The van der Waals surface area contributed by atoms with Crippen LogP contribution in [0.1, 0.15) is 32.1 Å². The third kappa shape index (κ3) is 7.28. The first-order valence-electron chi connectivity index (χ1n) is 3.89. The molecule has 0 fully saturated rings. The van der Waals surface area contributed by atoms with Gasteiger partial charge < -0.3 is 5.73 Å². The largest absolute Gasteiger partial charge is 0.405 e. The molecule has 0 saturated carbocycles. The van der Waals surface area contributed by atoms with Crippen molar-refractivity contribution >= 4 is 0 Å². The van der Waals surface area contributed by atoms with E-state index in [9.17, 15) is 0 Å². The summed E-state index contributed by atoms with van der Waals surface area (Å²) in [5.41, 5.74) is 5.17. The quantitative estimate of drug-likeness (QED) is 0.444. The molecule has 0 radical (unpaired) electrons. The number of unbranched alkanes of at least 4 members (excludes halogenated alkanes) is 4. The Morgan fingerprint density at radius 3 is 2.40 bits per heavy atom. The molecule has 10 heavy (non-hydrogen) atoms. The van der Waals surface area contributed by atoms with Gasteiger partial charge in [-0.3, -0.25) is 0 Å². The molecule has 0 aromatic carbocycles. The Hall–Kier alpha value is -0.720. The highest BCUT2D eigenvalue weighted by Crippen LogP contribution is 2.02. The van der Waals surface area contributed by atoms with Crippen molar-refractivity contribution in [1.29, 1.82) is 0 Å². The summed E-state index contributed by atoms with van der Waals surface area (Å²) in [4.78, 5) is 0. The highest BCUT2D eigenvalue weighted by atomic mass is 14.5. The molecule has 0 heterocycles. The van der Waals surface area contributed by atoms with Gasteiger partial charge in [0.1, 0.15) is 0 Å². The lowest BCUT2D eigenvalue weighted by atomic mass is 10.1. The van der Waals surface area contributed by atoms with Crippen molar-refractivity contribution in [2.75, 3.05) is 0 Å². The van der Waals surface area contributed by atoms with Crippen LogP contribution in [0, 0.1) is 0 Å². The maximum Gasteiger partial charge on any atom is -0.0103 e. The number of nitrogens with two attached hydrogens (primary N) is 1. The zero-order chi connectivity index (χ0) is 7.66. The van der Waals surface area contributed by atoms with Gasteiger partial charge in [0.2, 0.25) is 0 Å². The third-order valence-corrected chi connectivity index (χ3v) is 1.42. The smallest absolute Gasteiger partial charge is 0.0103 e. The second-order valence-corrected chi connectivity index (χ2v) is 2.35. The molecule has 0 amide bonds. The molecule has 0 rings (SSSR count). The Morgan fingerprint density at radius 2 is 1.80 bits per heavy atom. The SMILES string of the molecule is C=CCCCCCC=CN. The van der Waals surface area contributed by atoms with E-state index in [2.05, 4.69) is 6.58 Å². The molecule has 1 heteroatoms. The average Bonchev–Trinajstić information content (AvgIpc) is 1.97. The van der Waals surface area contributed by atoms with E-state index >= 15 is 0 Å². The lowest BCUT2D eigenvalue weighted by Crippen LogP contribution is -1.78. The standard InChI is InChI=1S/C9H17N/c1-2-3-4-5-6-7-8-9-10/h2,8-9H,1,3-7,10H2. The van der Waals surface area contributed by atoms with Crippen molar-refractivity contribution in [1.82, 2.24) is 0 Å². The predicted octanol–water partition coefficient (Wildman–Crippen LogP) is 2.60. The second-order valence-electron chi connectivity index (χ2n) is 2.35. The Labute approximate surface area is 63.6 Å². The molecule has 0 aliphatic carbocycles. The third-order valence-electron chi connectivity index (χ3n) is 1.42. The number of allylic oxidation sites excluding steroid dienone is 2. The van der Waals surface area contributed by atoms with Gasteiger partial charge >= 0.3 is 0 Å². The zero-order valence-electron chi connectivity index (χ0n) is 6.55. The minimum absolute atomic E-state index is 1.12. The molecule has 0 aromatic rings. The van der Waals surface area contributed by atoms with Crippen molar-refractivity contribution in [2.45, 2.75) is 32.1 Å². The molecule has 2 N–H and O–H groups in total. The maximum atomic E-state index is 5.17. The summed E-state index contributed by atoms with van der Waals surface area (Å²) in [6.07, 6.45) is 11.7. The van der Waals surface area contributed by atoms with E-state index < -0.39 is 0 Å². The van der Waals surface area contributed by atoms with Gasteiger partial charge in [-0.25, -0.2) is 0 Å². The molecule has 0 aliphatic heterocycles. The molecular formula is C9H17N. The fraction of sp³-hybridized carbons (Fsp3) is 0.556. The summed E-state index contributed by atoms with van der Waals surface area (Å²) in [5.74, 6) is 0. The van der Waals surface area contributed by atoms with Gasteiger partial charge in [0, 0.05) is 0 Å². The minimum atomic E-state index is 1.12. The van der Waals surface area contributed by atoms with Crippen LogP contribution >= 0.6 is 0 Å². The van der Waals surface area contributed by atoms with Crippen LogP contribution in [0.3, 0.4) is 0 Å². The Bertz CT molecular complexity index is 94.9. The van der Waals surface area contributed by atoms with Crippen LogP contribution in [0.2, 0.25) is 0 Å². The average molecular weight is 139 g/mol. The van der Waals surface area contributed by atoms with E-state index in [0.29, 0.717) is 0 Å². The topological polar surface area (TPSA) is 26.0 Å². The van der Waals surface area contributed by atoms with E-state index in [4.69, 9.17) is 5.73 Å². The van der Waals surface area contributed by atoms with Gasteiger partial charge in [-0.15, -0.1) is 6.58 Å². The molecule has 0 saturated heterocycles. The highest BCUT2D eigenvalue weighted by molar-refractivity contribution is 4.75. The first kappa shape index (κ1) is 9.28. The molecule has 1 nitrogen and oxygen atoms in total. The highest BCUT2D eigenvalue weighted by Gasteiger charge is 1.83. The van der Waals surface area contributed by atoms with Gasteiger partial charge in [-0.2, -0.15) is 0 Å². The van der Waals surface area contributed by atoms with Crippen molar-refractivity contribution < 1.29 is 0 Å². The number of hydrogen-bond acceptors (Lipinski definition) is 1. The first-order valence-corrected chi connectivity index (χ1v) is 3.89. The summed E-state index contributed by atoms with van der Waals surface area (Å²) in [7, 11) is 0.